The van der Waals surface area contributed by atoms with E-state index in [9.17, 15) is 13.2 Å². The van der Waals surface area contributed by atoms with Gasteiger partial charge >= 0.3 is 5.97 Å². The first-order valence-corrected chi connectivity index (χ1v) is 13.0. The van der Waals surface area contributed by atoms with Crippen molar-refractivity contribution in [3.05, 3.63) is 88.4 Å². The molecule has 36 heavy (non-hydrogen) atoms. The van der Waals surface area contributed by atoms with Gasteiger partial charge < -0.3 is 14.7 Å². The second-order valence-corrected chi connectivity index (χ2v) is 10.7. The van der Waals surface area contributed by atoms with Crippen molar-refractivity contribution in [2.24, 2.45) is 0 Å². The average Bonchev–Trinajstić information content (AvgIpc) is 2.81. The van der Waals surface area contributed by atoms with E-state index in [1.807, 2.05) is 37.2 Å². The summed E-state index contributed by atoms with van der Waals surface area (Å²) in [6.45, 7) is 0. The Balaban J connectivity index is 1.56. The summed E-state index contributed by atoms with van der Waals surface area (Å²) >= 11 is 12.5. The molecule has 0 aromatic heterocycles. The Morgan fingerprint density at radius 1 is 0.944 bits per heavy atom. The number of carboxylic acid groups (broad SMARTS) is 1. The molecule has 4 aromatic carbocycles. The maximum absolute atomic E-state index is 13.2. The molecule has 2 N–H and O–H groups in total. The summed E-state index contributed by atoms with van der Waals surface area (Å²) in [5, 5.41) is 10.7. The second kappa shape index (κ2) is 10.3. The molecule has 0 saturated heterocycles. The minimum Gasteiger partial charge on any atom is -0.481 e. The number of sulfonamides is 1. The van der Waals surface area contributed by atoms with Crippen LogP contribution in [0.1, 0.15) is 5.56 Å². The van der Waals surface area contributed by atoms with E-state index in [1.165, 1.54) is 12.1 Å². The summed E-state index contributed by atoms with van der Waals surface area (Å²) < 4.78 is 34.9. The molecule has 0 aliphatic carbocycles. The molecule has 0 radical (unpaired) electrons. The van der Waals surface area contributed by atoms with E-state index in [-0.39, 0.29) is 27.1 Å². The van der Waals surface area contributed by atoms with Crippen LogP contribution < -0.4 is 14.4 Å². The van der Waals surface area contributed by atoms with Crippen LogP contribution in [-0.2, 0) is 21.2 Å². The van der Waals surface area contributed by atoms with Gasteiger partial charge in [-0.15, -0.1) is 0 Å². The highest BCUT2D eigenvalue weighted by molar-refractivity contribution is 7.93. The second-order valence-electron chi connectivity index (χ2n) is 8.21. The highest BCUT2D eigenvalue weighted by Gasteiger charge is 2.19. The molecule has 7 nitrogen and oxygen atoms in total. The number of ether oxygens (including phenoxy) is 1. The van der Waals surface area contributed by atoms with Gasteiger partial charge in [-0.05, 0) is 54.1 Å². The average molecular weight is 545 g/mol. The number of nitrogens with one attached hydrogen (secondary N) is 1. The van der Waals surface area contributed by atoms with Crippen LogP contribution in [0.25, 0.3) is 10.8 Å². The standard InChI is InChI=1S/C26H22Cl2N2O5S/c1-30(2)23-7-3-6-20-19(23)5-4-8-24(20)36(33,34)29-17-9-11-18(12-10-17)35-26-21(27)13-16(14-22(26)28)15-25(31)32/h3-14,29H,15H2,1-2H3,(H,31,32). The van der Waals surface area contributed by atoms with Gasteiger partial charge in [0.2, 0.25) is 0 Å². The molecule has 0 spiro atoms. The van der Waals surface area contributed by atoms with E-state index in [0.717, 1.165) is 11.1 Å². The lowest BCUT2D eigenvalue weighted by Crippen LogP contribution is -2.14. The van der Waals surface area contributed by atoms with E-state index in [4.69, 9.17) is 33.0 Å². The van der Waals surface area contributed by atoms with E-state index in [1.54, 1.807) is 42.5 Å². The number of carboxylic acids is 1. The lowest BCUT2D eigenvalue weighted by Gasteiger charge is -2.17. The summed E-state index contributed by atoms with van der Waals surface area (Å²) in [7, 11) is -0.0711. The lowest BCUT2D eigenvalue weighted by atomic mass is 10.1. The number of carbonyl (C=O) groups is 1. The molecule has 186 valence electrons. The monoisotopic (exact) mass is 544 g/mol. The quantitative estimate of drug-likeness (QED) is 0.265. The van der Waals surface area contributed by atoms with Gasteiger partial charge in [0.05, 0.1) is 21.4 Å². The third-order valence-electron chi connectivity index (χ3n) is 5.37. The molecular formula is C26H22Cl2N2O5S. The zero-order chi connectivity index (χ0) is 26.0. The molecule has 0 bridgehead atoms. The number of hydrogen-bond donors (Lipinski definition) is 2. The molecule has 0 fully saturated rings. The predicted molar refractivity (Wildman–Crippen MR) is 143 cm³/mol. The first-order valence-electron chi connectivity index (χ1n) is 10.7. The normalized spacial score (nSPS) is 11.3. The van der Waals surface area contributed by atoms with Crippen molar-refractivity contribution < 1.29 is 23.1 Å². The van der Waals surface area contributed by atoms with Crippen molar-refractivity contribution >= 4 is 61.3 Å². The van der Waals surface area contributed by atoms with Gasteiger partial charge in [-0.3, -0.25) is 9.52 Å². The van der Waals surface area contributed by atoms with Gasteiger partial charge in [-0.1, -0.05) is 47.5 Å². The topological polar surface area (TPSA) is 95.9 Å². The minimum atomic E-state index is -3.88. The Bertz CT molecular complexity index is 1530. The van der Waals surface area contributed by atoms with Crippen molar-refractivity contribution in [2.45, 2.75) is 11.3 Å². The number of anilines is 2. The summed E-state index contributed by atoms with van der Waals surface area (Å²) in [4.78, 5) is 13.0. The molecule has 0 aliphatic heterocycles. The van der Waals surface area contributed by atoms with Crippen LogP contribution in [0.3, 0.4) is 0 Å². The van der Waals surface area contributed by atoms with Gasteiger partial charge in [0.15, 0.2) is 5.75 Å². The van der Waals surface area contributed by atoms with Crippen LogP contribution in [-0.4, -0.2) is 33.6 Å². The fraction of sp³-hybridized carbons (Fsp3) is 0.115. The number of benzene rings is 4. The maximum atomic E-state index is 13.2. The Morgan fingerprint density at radius 2 is 1.56 bits per heavy atom. The maximum Gasteiger partial charge on any atom is 0.307 e. The summed E-state index contributed by atoms with van der Waals surface area (Å²) in [6, 6.07) is 19.9. The molecule has 4 aromatic rings. The highest BCUT2D eigenvalue weighted by atomic mass is 35.5. The Labute approximate surface area is 218 Å². The van der Waals surface area contributed by atoms with Crippen LogP contribution in [0.4, 0.5) is 11.4 Å². The predicted octanol–water partition coefficient (Wildman–Crippen LogP) is 6.43. The SMILES string of the molecule is CN(C)c1cccc2c(S(=O)(=O)Nc3ccc(Oc4c(Cl)cc(CC(=O)O)cc4Cl)cc3)cccc12. The summed E-state index contributed by atoms with van der Waals surface area (Å²) in [6.07, 6.45) is -0.221. The number of nitrogens with zero attached hydrogens (tertiary/aromatic N) is 1. The molecule has 4 rings (SSSR count). The van der Waals surface area contributed by atoms with E-state index < -0.39 is 16.0 Å². The highest BCUT2D eigenvalue weighted by Crippen LogP contribution is 2.38. The molecule has 0 unspecified atom stereocenters. The number of hydrogen-bond acceptors (Lipinski definition) is 5. The van der Waals surface area contributed by atoms with Crippen LogP contribution in [0.2, 0.25) is 10.0 Å². The molecule has 0 saturated carbocycles. The Morgan fingerprint density at radius 3 is 2.17 bits per heavy atom. The van der Waals surface area contributed by atoms with Crippen LogP contribution in [0.5, 0.6) is 11.5 Å². The Kier molecular flexibility index (Phi) is 7.31. The fourth-order valence-electron chi connectivity index (χ4n) is 3.79. The third-order valence-corrected chi connectivity index (χ3v) is 7.37. The largest absolute Gasteiger partial charge is 0.481 e. The third kappa shape index (κ3) is 5.51. The van der Waals surface area contributed by atoms with Gasteiger partial charge in [0, 0.05) is 36.2 Å². The lowest BCUT2D eigenvalue weighted by molar-refractivity contribution is -0.136. The zero-order valence-electron chi connectivity index (χ0n) is 19.3. The van der Waals surface area contributed by atoms with Crippen molar-refractivity contribution in [2.75, 3.05) is 23.7 Å². The first-order chi connectivity index (χ1) is 17.0. The number of aliphatic carboxylic acids is 1. The van der Waals surface area contributed by atoms with Crippen molar-refractivity contribution in [3.63, 3.8) is 0 Å². The van der Waals surface area contributed by atoms with E-state index in [2.05, 4.69) is 4.72 Å². The number of halogens is 2. The minimum absolute atomic E-state index is 0.163. The summed E-state index contributed by atoms with van der Waals surface area (Å²) in [5.41, 5.74) is 1.71. The van der Waals surface area contributed by atoms with E-state index in [0.29, 0.717) is 22.4 Å². The zero-order valence-corrected chi connectivity index (χ0v) is 21.7. The smallest absolute Gasteiger partial charge is 0.307 e. The fourth-order valence-corrected chi connectivity index (χ4v) is 5.69. The van der Waals surface area contributed by atoms with Gasteiger partial charge in [-0.25, -0.2) is 8.42 Å². The van der Waals surface area contributed by atoms with Crippen LogP contribution >= 0.6 is 23.2 Å². The van der Waals surface area contributed by atoms with Crippen molar-refractivity contribution in [3.8, 4) is 11.5 Å². The van der Waals surface area contributed by atoms with Crippen molar-refractivity contribution in [1.82, 2.24) is 0 Å². The molecule has 0 atom stereocenters. The molecule has 0 aliphatic rings. The summed E-state index contributed by atoms with van der Waals surface area (Å²) in [5.74, 6) is -0.461. The molecular weight excluding hydrogens is 523 g/mol. The molecule has 0 heterocycles. The van der Waals surface area contributed by atoms with Gasteiger partial charge in [0.1, 0.15) is 5.75 Å². The van der Waals surface area contributed by atoms with Crippen LogP contribution in [0, 0.1) is 0 Å². The van der Waals surface area contributed by atoms with Gasteiger partial charge in [0.25, 0.3) is 10.0 Å². The first kappa shape index (κ1) is 25.6. The molecule has 0 amide bonds. The molecule has 10 heteroatoms. The van der Waals surface area contributed by atoms with Crippen LogP contribution in [0.15, 0.2) is 77.7 Å². The Hall–Kier alpha value is -3.46. The van der Waals surface area contributed by atoms with Gasteiger partial charge in [-0.2, -0.15) is 0 Å². The van der Waals surface area contributed by atoms with Crippen molar-refractivity contribution in [1.29, 1.82) is 0 Å². The van der Waals surface area contributed by atoms with E-state index >= 15 is 0 Å². The number of fused-ring (bicyclic) bond motifs is 1. The number of rotatable bonds is 8.